The molecule has 0 aliphatic carbocycles. The van der Waals surface area contributed by atoms with Crippen molar-refractivity contribution in [3.05, 3.63) is 0 Å². The molecule has 2 atom stereocenters. The lowest BCUT2D eigenvalue weighted by molar-refractivity contribution is -0.136. The third-order valence-electron chi connectivity index (χ3n) is 6.47. The smallest absolute Gasteiger partial charge is 0.229 e. The van der Waals surface area contributed by atoms with E-state index < -0.39 is 35.1 Å². The van der Waals surface area contributed by atoms with Crippen molar-refractivity contribution in [2.75, 3.05) is 0 Å². The van der Waals surface area contributed by atoms with E-state index in [1.54, 1.807) is 0 Å². The second kappa shape index (κ2) is 13.1. The van der Waals surface area contributed by atoms with E-state index in [9.17, 15) is 19.8 Å². The number of nitrogens with one attached hydrogen (secondary N) is 2. The van der Waals surface area contributed by atoms with Gasteiger partial charge in [-0.05, 0) is 36.5 Å². The molecule has 0 aliphatic rings. The summed E-state index contributed by atoms with van der Waals surface area (Å²) < 4.78 is 0. The van der Waals surface area contributed by atoms with Crippen molar-refractivity contribution in [1.29, 1.82) is 0 Å². The van der Waals surface area contributed by atoms with E-state index in [1.807, 2.05) is 69.2 Å². The fraction of sp³-hybridized carbons (Fsp3) is 0.926. The van der Waals surface area contributed by atoms with Crippen molar-refractivity contribution >= 4 is 11.8 Å². The van der Waals surface area contributed by atoms with Crippen LogP contribution in [0.5, 0.6) is 0 Å². The first-order valence-corrected chi connectivity index (χ1v) is 13.0. The molecule has 2 unspecified atom stereocenters. The molecule has 0 bridgehead atoms. The molecule has 2 amide bonds. The third kappa shape index (κ3) is 9.94. The van der Waals surface area contributed by atoms with Crippen molar-refractivity contribution in [3.8, 4) is 0 Å². The van der Waals surface area contributed by atoms with Crippen LogP contribution in [0.1, 0.15) is 127 Å². The molecular weight excluding hydrogens is 416 g/mol. The average molecular weight is 471 g/mol. The van der Waals surface area contributed by atoms with Crippen molar-refractivity contribution in [2.45, 2.75) is 150 Å². The van der Waals surface area contributed by atoms with Crippen molar-refractivity contribution < 1.29 is 19.8 Å². The molecule has 0 saturated heterocycles. The summed E-state index contributed by atoms with van der Waals surface area (Å²) in [5.41, 5.74) is -2.79. The minimum absolute atomic E-state index is 0.332. The van der Waals surface area contributed by atoms with Gasteiger partial charge in [-0.2, -0.15) is 0 Å². The first-order chi connectivity index (χ1) is 15.0. The van der Waals surface area contributed by atoms with Crippen LogP contribution in [-0.2, 0) is 9.59 Å². The highest BCUT2D eigenvalue weighted by Gasteiger charge is 2.45. The van der Waals surface area contributed by atoms with Crippen LogP contribution in [-0.4, -0.2) is 45.3 Å². The highest BCUT2D eigenvalue weighted by atomic mass is 16.3. The van der Waals surface area contributed by atoms with Gasteiger partial charge in [0.1, 0.15) is 6.42 Å². The minimum atomic E-state index is -1.02. The number of amides is 2. The third-order valence-corrected chi connectivity index (χ3v) is 6.47. The Morgan fingerprint density at radius 1 is 0.606 bits per heavy atom. The van der Waals surface area contributed by atoms with E-state index in [-0.39, 0.29) is 17.3 Å². The van der Waals surface area contributed by atoms with Crippen LogP contribution < -0.4 is 10.6 Å². The number of aliphatic hydroxyl groups is 2. The average Bonchev–Trinajstić information content (AvgIpc) is 2.63. The number of hydrogen-bond acceptors (Lipinski definition) is 4. The molecule has 0 fully saturated rings. The van der Waals surface area contributed by atoms with Crippen molar-refractivity contribution in [1.82, 2.24) is 10.6 Å². The lowest BCUT2D eigenvalue weighted by atomic mass is 9.72. The number of rotatable bonds is 14. The second-order valence-electron chi connectivity index (χ2n) is 12.1. The number of carbonyl (C=O) groups excluding carboxylic acids is 2. The summed E-state index contributed by atoms with van der Waals surface area (Å²) >= 11 is 0. The second-order valence-corrected chi connectivity index (χ2v) is 12.1. The lowest BCUT2D eigenvalue weighted by Gasteiger charge is -2.45. The Morgan fingerprint density at radius 2 is 0.848 bits per heavy atom. The molecule has 6 heteroatoms. The molecule has 0 heterocycles. The first-order valence-electron chi connectivity index (χ1n) is 13.0. The summed E-state index contributed by atoms with van der Waals surface area (Å²) in [5.74, 6) is -0.805. The van der Waals surface area contributed by atoms with Gasteiger partial charge in [-0.25, -0.2) is 0 Å². The molecule has 33 heavy (non-hydrogen) atoms. The van der Waals surface area contributed by atoms with Gasteiger partial charge in [-0.1, -0.05) is 94.9 Å². The summed E-state index contributed by atoms with van der Waals surface area (Å²) in [6, 6.07) is -0.943. The molecular formula is C27H54N2O4. The largest absolute Gasteiger partial charge is 0.388 e. The summed E-state index contributed by atoms with van der Waals surface area (Å²) in [6.07, 6.45) is 5.23. The molecule has 0 radical (unpaired) electrons. The maximum atomic E-state index is 13.0. The monoisotopic (exact) mass is 470 g/mol. The zero-order valence-corrected chi connectivity index (χ0v) is 23.2. The molecule has 4 N–H and O–H groups in total. The predicted molar refractivity (Wildman–Crippen MR) is 137 cm³/mol. The zero-order valence-electron chi connectivity index (χ0n) is 23.2. The van der Waals surface area contributed by atoms with Crippen LogP contribution in [0.3, 0.4) is 0 Å². The molecule has 0 saturated carbocycles. The van der Waals surface area contributed by atoms with Gasteiger partial charge < -0.3 is 20.8 Å². The Kier molecular flexibility index (Phi) is 12.6. The Labute approximate surface area is 203 Å². The van der Waals surface area contributed by atoms with E-state index in [0.29, 0.717) is 25.7 Å². The molecule has 0 aromatic carbocycles. The normalized spacial score (nSPS) is 15.2. The number of carbonyl (C=O) groups is 2. The Bertz CT molecular complexity index is 540. The highest BCUT2D eigenvalue weighted by Crippen LogP contribution is 2.36. The summed E-state index contributed by atoms with van der Waals surface area (Å²) in [6.45, 7) is 20.1. The first kappa shape index (κ1) is 31.9. The predicted octanol–water partition coefficient (Wildman–Crippen LogP) is 5.10. The van der Waals surface area contributed by atoms with Crippen LogP contribution in [0.2, 0.25) is 0 Å². The van der Waals surface area contributed by atoms with Gasteiger partial charge in [0.05, 0.1) is 23.3 Å². The van der Waals surface area contributed by atoms with Crippen LogP contribution in [0.25, 0.3) is 0 Å². The molecule has 0 aromatic rings. The van der Waals surface area contributed by atoms with Crippen LogP contribution >= 0.6 is 0 Å². The van der Waals surface area contributed by atoms with Crippen LogP contribution in [0, 0.1) is 10.8 Å². The fourth-order valence-corrected chi connectivity index (χ4v) is 5.44. The molecule has 0 aromatic heterocycles. The fourth-order valence-electron chi connectivity index (χ4n) is 5.44. The van der Waals surface area contributed by atoms with E-state index >= 15 is 0 Å². The maximum Gasteiger partial charge on any atom is 0.229 e. The standard InChI is InChI=1S/C27H54N2O4/c1-11-15-26(32,16-12-2)22(24(5,6)7)28-20(30)19-21(31)29-23(25(8,9)10)27(33,17-13-3)18-14-4/h22-23,32-33H,11-19H2,1-10H3,(H,28,30)(H,29,31). The van der Waals surface area contributed by atoms with E-state index in [1.165, 1.54) is 0 Å². The molecule has 0 spiro atoms. The zero-order chi connectivity index (χ0) is 26.1. The van der Waals surface area contributed by atoms with Crippen LogP contribution in [0.4, 0.5) is 0 Å². The maximum absolute atomic E-state index is 13.0. The molecule has 0 aliphatic heterocycles. The van der Waals surface area contributed by atoms with Gasteiger partial charge in [0, 0.05) is 0 Å². The van der Waals surface area contributed by atoms with Gasteiger partial charge >= 0.3 is 0 Å². The molecule has 196 valence electrons. The van der Waals surface area contributed by atoms with Crippen molar-refractivity contribution in [2.24, 2.45) is 10.8 Å². The summed E-state index contributed by atoms with van der Waals surface area (Å²) in [7, 11) is 0. The van der Waals surface area contributed by atoms with Gasteiger partial charge in [-0.15, -0.1) is 0 Å². The number of hydrogen-bond donors (Lipinski definition) is 4. The van der Waals surface area contributed by atoms with Gasteiger partial charge in [0.15, 0.2) is 0 Å². The van der Waals surface area contributed by atoms with E-state index in [0.717, 1.165) is 25.7 Å². The Balaban J connectivity index is 5.63. The SMILES string of the molecule is CCCC(O)(CCC)C(NC(=O)CC(=O)NC(C(C)(C)C)C(O)(CCC)CCC)C(C)(C)C. The molecule has 6 nitrogen and oxygen atoms in total. The quantitative estimate of drug-likeness (QED) is 0.265. The van der Waals surface area contributed by atoms with E-state index in [4.69, 9.17) is 0 Å². The summed E-state index contributed by atoms with van der Waals surface area (Å²) in [5, 5.41) is 28.8. The topological polar surface area (TPSA) is 98.7 Å². The lowest BCUT2D eigenvalue weighted by Crippen LogP contribution is -2.61. The van der Waals surface area contributed by atoms with Gasteiger partial charge in [-0.3, -0.25) is 9.59 Å². The van der Waals surface area contributed by atoms with E-state index in [2.05, 4.69) is 10.6 Å². The summed E-state index contributed by atoms with van der Waals surface area (Å²) in [4.78, 5) is 25.9. The molecule has 0 rings (SSSR count). The minimum Gasteiger partial charge on any atom is -0.388 e. The van der Waals surface area contributed by atoms with Gasteiger partial charge in [0.25, 0.3) is 0 Å². The highest BCUT2D eigenvalue weighted by molar-refractivity contribution is 5.97. The Hall–Kier alpha value is -1.14. The van der Waals surface area contributed by atoms with Crippen molar-refractivity contribution in [3.63, 3.8) is 0 Å². The van der Waals surface area contributed by atoms with Gasteiger partial charge in [0.2, 0.25) is 11.8 Å². The van der Waals surface area contributed by atoms with Crippen LogP contribution in [0.15, 0.2) is 0 Å². The Morgan fingerprint density at radius 3 is 1.03 bits per heavy atom.